The van der Waals surface area contributed by atoms with Crippen LogP contribution in [0.4, 0.5) is 11.4 Å². The number of esters is 1. The van der Waals surface area contributed by atoms with Crippen LogP contribution in [0.25, 0.3) is 0 Å². The van der Waals surface area contributed by atoms with Crippen LogP contribution in [-0.4, -0.2) is 17.5 Å². The monoisotopic (exact) mass is 275 g/mol. The molecule has 1 rings (SSSR count). The number of benzene rings is 1. The standard InChI is InChI=1S/C13H13N3O4/c1-3-20-13(17)10(7-14)8-15-12-6-11(16(18)19)5-4-9(12)2/h4-6,8,15H,3H2,1-2H3/b10-8+. The molecule has 0 aliphatic carbocycles. The van der Waals surface area contributed by atoms with E-state index >= 15 is 0 Å². The van der Waals surface area contributed by atoms with Gasteiger partial charge in [0.15, 0.2) is 5.57 Å². The van der Waals surface area contributed by atoms with E-state index in [4.69, 9.17) is 10.00 Å². The van der Waals surface area contributed by atoms with Gasteiger partial charge in [-0.25, -0.2) is 4.79 Å². The van der Waals surface area contributed by atoms with Gasteiger partial charge in [0.1, 0.15) is 6.07 Å². The number of hydrogen-bond donors (Lipinski definition) is 1. The molecule has 7 nitrogen and oxygen atoms in total. The Hall–Kier alpha value is -2.88. The van der Waals surface area contributed by atoms with Gasteiger partial charge in [0.25, 0.3) is 5.69 Å². The maximum Gasteiger partial charge on any atom is 0.350 e. The third kappa shape index (κ3) is 3.81. The van der Waals surface area contributed by atoms with Crippen LogP contribution in [0, 0.1) is 28.4 Å². The van der Waals surface area contributed by atoms with Crippen molar-refractivity contribution in [1.82, 2.24) is 0 Å². The zero-order chi connectivity index (χ0) is 15.1. The molecule has 0 heterocycles. The summed E-state index contributed by atoms with van der Waals surface area (Å²) >= 11 is 0. The van der Waals surface area contributed by atoms with Crippen LogP contribution < -0.4 is 5.32 Å². The zero-order valence-electron chi connectivity index (χ0n) is 11.0. The molecule has 0 unspecified atom stereocenters. The van der Waals surface area contributed by atoms with Crippen molar-refractivity contribution in [2.45, 2.75) is 13.8 Å². The summed E-state index contributed by atoms with van der Waals surface area (Å²) in [6.45, 7) is 3.54. The Morgan fingerprint density at radius 1 is 1.60 bits per heavy atom. The number of nitro benzene ring substituents is 1. The fourth-order valence-corrected chi connectivity index (χ4v) is 1.37. The molecule has 0 spiro atoms. The largest absolute Gasteiger partial charge is 0.462 e. The number of nitrogens with one attached hydrogen (secondary N) is 1. The van der Waals surface area contributed by atoms with E-state index in [-0.39, 0.29) is 17.9 Å². The molecule has 0 aliphatic rings. The number of anilines is 1. The molecular formula is C13H13N3O4. The van der Waals surface area contributed by atoms with Gasteiger partial charge in [0.2, 0.25) is 0 Å². The highest BCUT2D eigenvalue weighted by atomic mass is 16.6. The molecule has 0 amide bonds. The molecule has 20 heavy (non-hydrogen) atoms. The van der Waals surface area contributed by atoms with Crippen molar-refractivity contribution in [1.29, 1.82) is 5.26 Å². The lowest BCUT2D eigenvalue weighted by molar-refractivity contribution is -0.384. The van der Waals surface area contributed by atoms with E-state index in [1.165, 1.54) is 18.3 Å². The first-order valence-corrected chi connectivity index (χ1v) is 5.78. The van der Waals surface area contributed by atoms with Gasteiger partial charge in [-0.3, -0.25) is 10.1 Å². The second kappa shape index (κ2) is 6.89. The van der Waals surface area contributed by atoms with Crippen molar-refractivity contribution >= 4 is 17.3 Å². The molecular weight excluding hydrogens is 262 g/mol. The Balaban J connectivity index is 2.98. The number of non-ortho nitro benzene ring substituents is 1. The van der Waals surface area contributed by atoms with Crippen LogP contribution in [0.15, 0.2) is 30.0 Å². The fourth-order valence-electron chi connectivity index (χ4n) is 1.37. The summed E-state index contributed by atoms with van der Waals surface area (Å²) in [7, 11) is 0. The summed E-state index contributed by atoms with van der Waals surface area (Å²) < 4.78 is 4.70. The Kier molecular flexibility index (Phi) is 5.23. The number of rotatable bonds is 5. The molecule has 0 aromatic heterocycles. The third-order valence-electron chi connectivity index (χ3n) is 2.42. The van der Waals surface area contributed by atoms with Crippen molar-refractivity contribution in [3.8, 4) is 6.07 Å². The number of nitriles is 1. The molecule has 1 N–H and O–H groups in total. The smallest absolute Gasteiger partial charge is 0.350 e. The van der Waals surface area contributed by atoms with E-state index in [2.05, 4.69) is 5.32 Å². The van der Waals surface area contributed by atoms with Crippen LogP contribution in [0.2, 0.25) is 0 Å². The van der Waals surface area contributed by atoms with E-state index in [0.717, 1.165) is 5.56 Å². The molecule has 1 aromatic rings. The highest BCUT2D eigenvalue weighted by Crippen LogP contribution is 2.22. The number of carbonyl (C=O) groups is 1. The van der Waals surface area contributed by atoms with E-state index < -0.39 is 10.9 Å². The van der Waals surface area contributed by atoms with E-state index in [9.17, 15) is 14.9 Å². The lowest BCUT2D eigenvalue weighted by atomic mass is 10.2. The Bertz CT molecular complexity index is 602. The third-order valence-corrected chi connectivity index (χ3v) is 2.42. The normalized spacial score (nSPS) is 10.6. The summed E-state index contributed by atoms with van der Waals surface area (Å²) in [6, 6.07) is 5.98. The average Bonchev–Trinajstić information content (AvgIpc) is 2.41. The van der Waals surface area contributed by atoms with Gasteiger partial charge in [-0.15, -0.1) is 0 Å². The topological polar surface area (TPSA) is 105 Å². The number of aryl methyl sites for hydroxylation is 1. The first-order valence-electron chi connectivity index (χ1n) is 5.78. The molecule has 0 bridgehead atoms. The predicted octanol–water partition coefficient (Wildman–Crippen LogP) is 2.29. The maximum absolute atomic E-state index is 11.4. The average molecular weight is 275 g/mol. The lowest BCUT2D eigenvalue weighted by Gasteiger charge is -2.06. The molecule has 7 heteroatoms. The Labute approximate surface area is 115 Å². The number of nitro groups is 1. The van der Waals surface area contributed by atoms with Gasteiger partial charge < -0.3 is 10.1 Å². The summed E-state index contributed by atoms with van der Waals surface area (Å²) in [5.74, 6) is -0.745. The minimum atomic E-state index is -0.745. The molecule has 0 saturated carbocycles. The summed E-state index contributed by atoms with van der Waals surface area (Å²) in [5, 5.41) is 22.2. The highest BCUT2D eigenvalue weighted by Gasteiger charge is 2.11. The van der Waals surface area contributed by atoms with Crippen molar-refractivity contribution in [2.24, 2.45) is 0 Å². The second-order valence-corrected chi connectivity index (χ2v) is 3.79. The molecule has 1 aromatic carbocycles. The Morgan fingerprint density at radius 2 is 2.30 bits per heavy atom. The van der Waals surface area contributed by atoms with Gasteiger partial charge in [0.05, 0.1) is 11.5 Å². The van der Waals surface area contributed by atoms with Crippen LogP contribution in [0.5, 0.6) is 0 Å². The van der Waals surface area contributed by atoms with Crippen molar-refractivity contribution in [3.05, 3.63) is 45.6 Å². The lowest BCUT2D eigenvalue weighted by Crippen LogP contribution is -2.08. The zero-order valence-corrected chi connectivity index (χ0v) is 11.0. The summed E-state index contributed by atoms with van der Waals surface area (Å²) in [6.07, 6.45) is 1.17. The molecule has 0 fully saturated rings. The SMILES string of the molecule is CCOC(=O)/C(C#N)=C/Nc1cc([N+](=O)[O-])ccc1C. The predicted molar refractivity (Wildman–Crippen MR) is 71.8 cm³/mol. The van der Waals surface area contributed by atoms with Crippen molar-refractivity contribution in [3.63, 3.8) is 0 Å². The summed E-state index contributed by atoms with van der Waals surface area (Å²) in [5.41, 5.74) is 0.892. The van der Waals surface area contributed by atoms with Gasteiger partial charge in [-0.2, -0.15) is 5.26 Å². The minimum absolute atomic E-state index is 0.0823. The first-order chi connectivity index (χ1) is 9.49. The van der Waals surface area contributed by atoms with Gasteiger partial charge in [-0.05, 0) is 19.4 Å². The number of nitrogens with zero attached hydrogens (tertiary/aromatic N) is 2. The molecule has 0 saturated heterocycles. The Morgan fingerprint density at radius 3 is 2.85 bits per heavy atom. The van der Waals surface area contributed by atoms with Gasteiger partial charge in [0, 0.05) is 24.0 Å². The quantitative estimate of drug-likeness (QED) is 0.290. The maximum atomic E-state index is 11.4. The number of hydrogen-bond acceptors (Lipinski definition) is 6. The molecule has 0 radical (unpaired) electrons. The number of ether oxygens (including phenoxy) is 1. The second-order valence-electron chi connectivity index (χ2n) is 3.79. The molecule has 0 aliphatic heterocycles. The van der Waals surface area contributed by atoms with Crippen molar-refractivity contribution in [2.75, 3.05) is 11.9 Å². The first kappa shape index (κ1) is 15.2. The van der Waals surface area contributed by atoms with Crippen LogP contribution >= 0.6 is 0 Å². The van der Waals surface area contributed by atoms with Crippen LogP contribution in [0.1, 0.15) is 12.5 Å². The van der Waals surface area contributed by atoms with Crippen LogP contribution in [-0.2, 0) is 9.53 Å². The number of carbonyl (C=O) groups excluding carboxylic acids is 1. The molecule has 104 valence electrons. The fraction of sp³-hybridized carbons (Fsp3) is 0.231. The minimum Gasteiger partial charge on any atom is -0.462 e. The van der Waals surface area contributed by atoms with E-state index in [1.807, 2.05) is 0 Å². The van der Waals surface area contributed by atoms with Crippen molar-refractivity contribution < 1.29 is 14.5 Å². The van der Waals surface area contributed by atoms with Gasteiger partial charge in [-0.1, -0.05) is 6.07 Å². The van der Waals surface area contributed by atoms with E-state index in [1.54, 1.807) is 26.0 Å². The highest BCUT2D eigenvalue weighted by molar-refractivity contribution is 5.93. The summed E-state index contributed by atoms with van der Waals surface area (Å²) in [4.78, 5) is 21.6. The van der Waals surface area contributed by atoms with Gasteiger partial charge >= 0.3 is 5.97 Å². The van der Waals surface area contributed by atoms with Crippen LogP contribution in [0.3, 0.4) is 0 Å². The molecule has 0 atom stereocenters. The van der Waals surface area contributed by atoms with E-state index in [0.29, 0.717) is 5.69 Å².